The van der Waals surface area contributed by atoms with Gasteiger partial charge in [-0.05, 0) is 114 Å². The number of benzene rings is 6. The lowest BCUT2D eigenvalue weighted by molar-refractivity contribution is 0.481. The fourth-order valence-corrected chi connectivity index (χ4v) is 7.28. The average molecular weight is 961 g/mol. The highest BCUT2D eigenvalue weighted by atomic mass is 32.2. The van der Waals surface area contributed by atoms with Gasteiger partial charge in [0.25, 0.3) is 30.4 Å². The van der Waals surface area contributed by atoms with E-state index in [0.29, 0.717) is 45.8 Å². The van der Waals surface area contributed by atoms with Crippen molar-refractivity contribution in [2.24, 2.45) is 40.9 Å². The van der Waals surface area contributed by atoms with Gasteiger partial charge in [-0.1, -0.05) is 42.5 Å². The number of azo groups is 4. The van der Waals surface area contributed by atoms with Gasteiger partial charge in [-0.2, -0.15) is 71.0 Å². The van der Waals surface area contributed by atoms with E-state index in [1.807, 2.05) is 18.2 Å². The number of anilines is 1. The van der Waals surface area contributed by atoms with E-state index in [2.05, 4.69) is 61.2 Å². The highest BCUT2D eigenvalue weighted by Crippen LogP contribution is 2.32. The van der Waals surface area contributed by atoms with Crippen molar-refractivity contribution in [3.05, 3.63) is 168 Å². The van der Waals surface area contributed by atoms with Gasteiger partial charge >= 0.3 is 0 Å². The lowest BCUT2D eigenvalue weighted by Crippen LogP contribution is -2.17. The molecule has 0 amide bonds. The van der Waals surface area contributed by atoms with Crippen molar-refractivity contribution in [3.8, 4) is 0 Å². The van der Waals surface area contributed by atoms with Crippen LogP contribution in [0.1, 0.15) is 22.8 Å². The quantitative estimate of drug-likeness (QED) is 0.0460. The summed E-state index contributed by atoms with van der Waals surface area (Å²) in [5, 5.41) is 35.9. The maximum Gasteiger partial charge on any atom is 0.296 e. The predicted molar refractivity (Wildman–Crippen MR) is 245 cm³/mol. The van der Waals surface area contributed by atoms with Crippen molar-refractivity contribution in [1.29, 1.82) is 0 Å². The van der Waals surface area contributed by atoms with Crippen LogP contribution in [0.2, 0.25) is 0 Å². The molecule has 1 heterocycles. The van der Waals surface area contributed by atoms with Crippen molar-refractivity contribution in [1.82, 2.24) is 15.0 Å². The zero-order chi connectivity index (χ0) is 47.4. The van der Waals surface area contributed by atoms with Gasteiger partial charge in [-0.25, -0.2) is 4.98 Å². The van der Waals surface area contributed by atoms with Crippen LogP contribution in [0.3, 0.4) is 0 Å². The molecule has 21 nitrogen and oxygen atoms in total. The highest BCUT2D eigenvalue weighted by Gasteiger charge is 2.17. The van der Waals surface area contributed by atoms with Crippen LogP contribution >= 0.6 is 0 Å². The van der Waals surface area contributed by atoms with Crippen LogP contribution in [0.5, 0.6) is 0 Å². The van der Waals surface area contributed by atoms with Crippen LogP contribution in [-0.4, -0.2) is 66.2 Å². The first-order valence-electron chi connectivity index (χ1n) is 19.6. The third-order valence-electron chi connectivity index (χ3n) is 9.05. The Kier molecular flexibility index (Phi) is 14.8. The molecule has 0 atom stereocenters. The minimum absolute atomic E-state index is 0.100. The lowest BCUT2D eigenvalue weighted by Gasteiger charge is -2.09. The van der Waals surface area contributed by atoms with Crippen molar-refractivity contribution in [2.45, 2.75) is 22.6 Å². The van der Waals surface area contributed by atoms with E-state index in [4.69, 9.17) is 4.55 Å². The van der Waals surface area contributed by atoms with E-state index >= 15 is 0 Å². The van der Waals surface area contributed by atoms with E-state index in [9.17, 15) is 34.4 Å². The number of hydrogen-bond donors (Lipinski definition) is 4. The lowest BCUT2D eigenvalue weighted by atomic mass is 10.1. The molecule has 0 saturated carbocycles. The summed E-state index contributed by atoms with van der Waals surface area (Å²) in [4.78, 5) is 12.8. The summed E-state index contributed by atoms with van der Waals surface area (Å²) in [5.74, 6) is 0.249. The van der Waals surface area contributed by atoms with Crippen molar-refractivity contribution >= 4 is 81.8 Å². The van der Waals surface area contributed by atoms with E-state index in [1.54, 1.807) is 84.9 Å². The Morgan fingerprint density at radius 3 is 1.28 bits per heavy atom. The SMILES string of the molecule is O=S(=O)(O)CCNc1nc(Cc2ccc(N=Nc3ccc(N=Nc4ccc(S(=O)(=O)O)cc4)cc3)cc2)nc(Cc2ccc(N=Nc3ccc(N=Nc4ccccc4)cc3S(=O)(=O)O)cc2)n1. The van der Waals surface area contributed by atoms with E-state index < -0.39 is 41.0 Å². The minimum atomic E-state index is -4.70. The number of nitrogens with zero attached hydrogens (tertiary/aromatic N) is 11. The molecule has 7 aromatic rings. The molecule has 340 valence electrons. The first-order chi connectivity index (χ1) is 32.0. The smallest absolute Gasteiger partial charge is 0.296 e. The molecule has 0 spiro atoms. The summed E-state index contributed by atoms with van der Waals surface area (Å²) >= 11 is 0. The van der Waals surface area contributed by atoms with Gasteiger partial charge in [-0.3, -0.25) is 13.7 Å². The highest BCUT2D eigenvalue weighted by molar-refractivity contribution is 7.86. The summed E-state index contributed by atoms with van der Waals surface area (Å²) in [6, 6.07) is 38.8. The Morgan fingerprint density at radius 2 is 0.836 bits per heavy atom. The summed E-state index contributed by atoms with van der Waals surface area (Å²) in [6.07, 6.45) is 0.491. The molecule has 0 bridgehead atoms. The molecule has 0 aliphatic heterocycles. The summed E-state index contributed by atoms with van der Waals surface area (Å²) in [6.45, 7) is -0.163. The van der Waals surface area contributed by atoms with E-state index in [1.165, 1.54) is 36.4 Å². The van der Waals surface area contributed by atoms with Crippen LogP contribution < -0.4 is 5.32 Å². The fraction of sp³-hybridized carbons (Fsp3) is 0.0930. The summed E-state index contributed by atoms with van der Waals surface area (Å²) in [7, 11) is -13.3. The number of aromatic nitrogens is 3. The third kappa shape index (κ3) is 14.6. The normalized spacial score (nSPS) is 12.5. The topological polar surface area (TPSA) is 313 Å². The molecule has 0 unspecified atom stereocenters. The van der Waals surface area contributed by atoms with Crippen LogP contribution in [0.15, 0.2) is 196 Å². The number of rotatable bonds is 18. The van der Waals surface area contributed by atoms with Gasteiger partial charge in [-0.15, -0.1) is 5.11 Å². The molecule has 0 radical (unpaired) electrons. The minimum Gasteiger partial charge on any atom is -0.353 e. The number of hydrogen-bond acceptors (Lipinski definition) is 18. The largest absolute Gasteiger partial charge is 0.353 e. The second kappa shape index (κ2) is 21.0. The van der Waals surface area contributed by atoms with Gasteiger partial charge in [0.1, 0.15) is 22.2 Å². The second-order valence-corrected chi connectivity index (χ2v) is 18.5. The van der Waals surface area contributed by atoms with E-state index in [-0.39, 0.29) is 41.6 Å². The molecule has 7 rings (SSSR count). The molecule has 24 heteroatoms. The van der Waals surface area contributed by atoms with Crippen molar-refractivity contribution in [3.63, 3.8) is 0 Å². The van der Waals surface area contributed by atoms with Gasteiger partial charge in [0.2, 0.25) is 5.95 Å². The van der Waals surface area contributed by atoms with Crippen LogP contribution in [0.25, 0.3) is 0 Å². The summed E-state index contributed by atoms with van der Waals surface area (Å²) < 4.78 is 97.9. The first-order valence-corrected chi connectivity index (χ1v) is 24.1. The van der Waals surface area contributed by atoms with Crippen LogP contribution in [0, 0.1) is 0 Å². The molecule has 0 fully saturated rings. The van der Waals surface area contributed by atoms with Crippen molar-refractivity contribution in [2.75, 3.05) is 17.6 Å². The first kappa shape index (κ1) is 47.2. The molecule has 0 saturated heterocycles. The van der Waals surface area contributed by atoms with Gasteiger partial charge in [0.15, 0.2) is 0 Å². The average Bonchev–Trinajstić information content (AvgIpc) is 3.29. The molecule has 6 aromatic carbocycles. The Hall–Kier alpha value is -7.74. The van der Waals surface area contributed by atoms with Crippen LogP contribution in [-0.2, 0) is 43.2 Å². The van der Waals surface area contributed by atoms with Crippen LogP contribution in [0.4, 0.5) is 51.4 Å². The molecule has 0 aliphatic carbocycles. The van der Waals surface area contributed by atoms with Gasteiger partial charge in [0, 0.05) is 19.4 Å². The van der Waals surface area contributed by atoms with E-state index in [0.717, 1.165) is 17.2 Å². The maximum absolute atomic E-state index is 12.2. The van der Waals surface area contributed by atoms with Gasteiger partial charge < -0.3 is 5.32 Å². The molecule has 0 aliphatic rings. The van der Waals surface area contributed by atoms with Crippen molar-refractivity contribution < 1.29 is 38.9 Å². The van der Waals surface area contributed by atoms with Gasteiger partial charge in [0.05, 0.1) is 50.5 Å². The monoisotopic (exact) mass is 960 g/mol. The molecule has 67 heavy (non-hydrogen) atoms. The third-order valence-corrected chi connectivity index (χ3v) is 11.5. The Morgan fingerprint density at radius 1 is 0.433 bits per heavy atom. The molecular weight excluding hydrogens is 925 g/mol. The Balaban J connectivity index is 1.000. The zero-order valence-corrected chi connectivity index (χ0v) is 37.1. The summed E-state index contributed by atoms with van der Waals surface area (Å²) in [5.41, 5.74) is 4.57. The predicted octanol–water partition coefficient (Wildman–Crippen LogP) is 10.5. The zero-order valence-electron chi connectivity index (χ0n) is 34.6. The molecular formula is C43H36N12O9S3. The number of nitrogens with one attached hydrogen (secondary N) is 1. The molecule has 4 N–H and O–H groups in total. The maximum atomic E-state index is 12.2. The fourth-order valence-electron chi connectivity index (χ4n) is 5.80. The molecule has 1 aromatic heterocycles. The Labute approximate surface area is 383 Å². The standard InChI is InChI=1S/C43H36N12O9S3/c56-65(57,58)25-24-44-43-46-41(26-29-6-10-32(11-7-29)49-50-34-14-16-35(17-15-34)51-52-36-18-21-38(22-19-36)66(59,60)61)45-42(47-43)27-30-8-12-33(13-9-30)53-55-39-23-20-37(28-40(39)67(62,63)64)54-48-31-4-2-1-3-5-31/h1-23,28H,24-27H2,(H,56,57,58)(H,59,60,61)(H,62,63,64)(H,44,45,46,47). The Bertz CT molecular complexity index is 3330. The second-order valence-electron chi connectivity index (χ2n) is 14.1.